The van der Waals surface area contributed by atoms with Gasteiger partial charge < -0.3 is 9.66 Å². The third-order valence-electron chi connectivity index (χ3n) is 4.99. The van der Waals surface area contributed by atoms with E-state index in [1.165, 1.54) is 38.5 Å². The minimum atomic E-state index is -4.22. The van der Waals surface area contributed by atoms with E-state index in [-0.39, 0.29) is 57.5 Å². The number of rotatable bonds is 18. The molecule has 0 saturated heterocycles. The van der Waals surface area contributed by atoms with Gasteiger partial charge in [-0.05, 0) is 32.1 Å². The van der Waals surface area contributed by atoms with Crippen molar-refractivity contribution in [1.82, 2.24) is 0 Å². The molecule has 6 heteroatoms. The Morgan fingerprint density at radius 3 is 1.62 bits per heavy atom. The third-order valence-corrected chi connectivity index (χ3v) is 6.28. The zero-order valence-electron chi connectivity index (χ0n) is 17.5. The van der Waals surface area contributed by atoms with E-state index in [4.69, 9.17) is 0 Å². The Morgan fingerprint density at radius 2 is 1.12 bits per heavy atom. The minimum absolute atomic E-state index is 0. The summed E-state index contributed by atoms with van der Waals surface area (Å²) in [7, 11) is -4.22. The molecule has 0 fully saturated rings. The van der Waals surface area contributed by atoms with Gasteiger partial charge in [0.05, 0.1) is 16.2 Å². The smallest absolute Gasteiger partial charge is 0.748 e. The molecule has 2 atom stereocenters. The summed E-state index contributed by atoms with van der Waals surface area (Å²) in [5, 5.41) is 9.05. The molecule has 26 heavy (non-hydrogen) atoms. The molecule has 0 aromatic carbocycles. The zero-order chi connectivity index (χ0) is 19.0. The van der Waals surface area contributed by atoms with Crippen LogP contribution in [0.4, 0.5) is 0 Å². The fourth-order valence-corrected chi connectivity index (χ4v) is 4.19. The zero-order valence-corrected chi connectivity index (χ0v) is 21.5. The third kappa shape index (κ3) is 18.9. The van der Waals surface area contributed by atoms with Gasteiger partial charge in [-0.25, -0.2) is 8.42 Å². The summed E-state index contributed by atoms with van der Waals surface area (Å²) in [4.78, 5) is 0. The van der Waals surface area contributed by atoms with Crippen molar-refractivity contribution in [3.8, 4) is 0 Å². The van der Waals surface area contributed by atoms with Crippen LogP contribution in [0.2, 0.25) is 0 Å². The van der Waals surface area contributed by atoms with E-state index in [0.29, 0.717) is 25.7 Å². The number of aliphatic hydroxyl groups excluding tert-OH is 1. The van der Waals surface area contributed by atoms with Crippen molar-refractivity contribution in [2.24, 2.45) is 0 Å². The minimum Gasteiger partial charge on any atom is -0.748 e. The maximum absolute atomic E-state index is 11.4. The van der Waals surface area contributed by atoms with Crippen LogP contribution in [0, 0.1) is 0 Å². The Hall–Kier alpha value is 1.51. The maximum Gasteiger partial charge on any atom is 1.00 e. The van der Waals surface area contributed by atoms with E-state index in [0.717, 1.165) is 38.5 Å². The second kappa shape index (κ2) is 19.8. The first-order valence-electron chi connectivity index (χ1n) is 10.5. The SMILES string of the molecule is CCCCCCCCCCCC(CCCC(O)CCCC)S(=O)(=O)[O-].[K+]. The van der Waals surface area contributed by atoms with Crippen molar-refractivity contribution < 1.29 is 69.5 Å². The van der Waals surface area contributed by atoms with Crippen LogP contribution in [0.25, 0.3) is 0 Å². The molecule has 0 bridgehead atoms. The van der Waals surface area contributed by atoms with Crippen molar-refractivity contribution >= 4 is 10.1 Å². The Kier molecular flexibility index (Phi) is 22.6. The molecule has 0 aromatic heterocycles. The monoisotopic (exact) mass is 416 g/mol. The summed E-state index contributed by atoms with van der Waals surface area (Å²) in [5.74, 6) is 0. The summed E-state index contributed by atoms with van der Waals surface area (Å²) in [6.45, 7) is 4.30. The van der Waals surface area contributed by atoms with Gasteiger partial charge in [0, 0.05) is 5.25 Å². The molecule has 0 aromatic rings. The van der Waals surface area contributed by atoms with Crippen LogP contribution in [0.1, 0.15) is 117 Å². The fourth-order valence-electron chi connectivity index (χ4n) is 3.28. The molecule has 0 heterocycles. The fraction of sp³-hybridized carbons (Fsp3) is 1.00. The van der Waals surface area contributed by atoms with Gasteiger partial charge in [-0.1, -0.05) is 84.5 Å². The number of unbranched alkanes of at least 4 members (excludes halogenated alkanes) is 9. The molecule has 0 rings (SSSR count). The molecule has 152 valence electrons. The first-order valence-corrected chi connectivity index (χ1v) is 12.0. The van der Waals surface area contributed by atoms with Gasteiger partial charge in [-0.3, -0.25) is 0 Å². The van der Waals surface area contributed by atoms with Crippen LogP contribution in [0.3, 0.4) is 0 Å². The average molecular weight is 417 g/mol. The van der Waals surface area contributed by atoms with E-state index in [1.807, 2.05) is 0 Å². The van der Waals surface area contributed by atoms with Crippen molar-refractivity contribution in [2.45, 2.75) is 128 Å². The largest absolute Gasteiger partial charge is 1.00 e. The molecular weight excluding hydrogens is 375 g/mol. The van der Waals surface area contributed by atoms with Crippen molar-refractivity contribution in [3.63, 3.8) is 0 Å². The van der Waals surface area contributed by atoms with Crippen molar-refractivity contribution in [2.75, 3.05) is 0 Å². The van der Waals surface area contributed by atoms with E-state index < -0.39 is 15.4 Å². The number of hydrogen-bond donors (Lipinski definition) is 1. The van der Waals surface area contributed by atoms with E-state index >= 15 is 0 Å². The molecule has 0 aliphatic rings. The topological polar surface area (TPSA) is 77.4 Å². The van der Waals surface area contributed by atoms with Crippen molar-refractivity contribution in [3.05, 3.63) is 0 Å². The van der Waals surface area contributed by atoms with Crippen molar-refractivity contribution in [1.29, 1.82) is 0 Å². The molecular formula is C20H41KO4S. The Labute approximate surface area is 205 Å². The average Bonchev–Trinajstić information content (AvgIpc) is 2.55. The van der Waals surface area contributed by atoms with Gasteiger partial charge in [0.25, 0.3) is 0 Å². The summed E-state index contributed by atoms with van der Waals surface area (Å²) < 4.78 is 34.3. The van der Waals surface area contributed by atoms with Gasteiger partial charge >= 0.3 is 51.4 Å². The normalized spacial score (nSPS) is 14.0. The Morgan fingerprint density at radius 1 is 0.692 bits per heavy atom. The molecule has 1 N–H and O–H groups in total. The predicted molar refractivity (Wildman–Crippen MR) is 105 cm³/mol. The molecule has 0 spiro atoms. The standard InChI is InChI=1S/C20H42O4S.K/c1-3-5-7-8-9-10-11-12-13-17-20(25(22,23)24)18-14-16-19(21)15-6-4-2;/h19-21H,3-18H2,1-2H3,(H,22,23,24);/q;+1/p-1. The van der Waals surface area contributed by atoms with Gasteiger partial charge in [-0.2, -0.15) is 0 Å². The number of aliphatic hydroxyl groups is 1. The van der Waals surface area contributed by atoms with Gasteiger partial charge in [0.15, 0.2) is 0 Å². The van der Waals surface area contributed by atoms with E-state index in [1.54, 1.807) is 0 Å². The van der Waals surface area contributed by atoms with Gasteiger partial charge in [-0.15, -0.1) is 0 Å². The van der Waals surface area contributed by atoms with Crippen LogP contribution in [0.5, 0.6) is 0 Å². The Bertz CT molecular complexity index is 387. The first-order chi connectivity index (χ1) is 11.9. The van der Waals surface area contributed by atoms with Crippen LogP contribution < -0.4 is 51.4 Å². The predicted octanol–water partition coefficient (Wildman–Crippen LogP) is 2.55. The summed E-state index contributed by atoms with van der Waals surface area (Å²) in [6.07, 6.45) is 15.2. The quantitative estimate of drug-likeness (QED) is 0.212. The van der Waals surface area contributed by atoms with E-state index in [9.17, 15) is 18.1 Å². The number of hydrogen-bond acceptors (Lipinski definition) is 4. The van der Waals surface area contributed by atoms with Gasteiger partial charge in [0.2, 0.25) is 0 Å². The molecule has 4 nitrogen and oxygen atoms in total. The molecule has 2 unspecified atom stereocenters. The molecule has 0 amide bonds. The molecule has 0 radical (unpaired) electrons. The van der Waals surface area contributed by atoms with E-state index in [2.05, 4.69) is 13.8 Å². The van der Waals surface area contributed by atoms with Crippen LogP contribution in [0.15, 0.2) is 0 Å². The van der Waals surface area contributed by atoms with Gasteiger partial charge in [0.1, 0.15) is 0 Å². The maximum atomic E-state index is 11.4. The second-order valence-electron chi connectivity index (χ2n) is 7.46. The summed E-state index contributed by atoms with van der Waals surface area (Å²) >= 11 is 0. The first kappa shape index (κ1) is 29.7. The molecule has 0 aliphatic heterocycles. The van der Waals surface area contributed by atoms with Crippen LogP contribution in [-0.4, -0.2) is 29.4 Å². The Balaban J connectivity index is 0. The van der Waals surface area contributed by atoms with Crippen LogP contribution in [-0.2, 0) is 10.1 Å². The summed E-state index contributed by atoms with van der Waals surface area (Å²) in [6, 6.07) is 0. The molecule has 0 saturated carbocycles. The van der Waals surface area contributed by atoms with Crippen LogP contribution >= 0.6 is 0 Å². The summed E-state index contributed by atoms with van der Waals surface area (Å²) in [5.41, 5.74) is 0. The second-order valence-corrected chi connectivity index (χ2v) is 9.11. The molecule has 0 aliphatic carbocycles.